The molecule has 6 heteroatoms. The fourth-order valence-electron chi connectivity index (χ4n) is 3.12. The summed E-state index contributed by atoms with van der Waals surface area (Å²) in [6.07, 6.45) is 3.50. The second-order valence-corrected chi connectivity index (χ2v) is 6.03. The van der Waals surface area contributed by atoms with Gasteiger partial charge in [0.05, 0.1) is 12.6 Å². The van der Waals surface area contributed by atoms with Crippen LogP contribution in [0.15, 0.2) is 24.3 Å². The van der Waals surface area contributed by atoms with Crippen molar-refractivity contribution < 1.29 is 9.84 Å². The molecule has 0 unspecified atom stereocenters. The minimum Gasteiger partial charge on any atom is -0.392 e. The zero-order chi connectivity index (χ0) is 16.1. The first-order chi connectivity index (χ1) is 11.3. The molecular weight excluding hydrogens is 292 g/mol. The fourth-order valence-corrected chi connectivity index (χ4v) is 3.12. The highest BCUT2D eigenvalue weighted by Gasteiger charge is 2.27. The summed E-state index contributed by atoms with van der Waals surface area (Å²) in [5, 5.41) is 16.5. The molecule has 124 valence electrons. The van der Waals surface area contributed by atoms with Crippen LogP contribution in [0.25, 0.3) is 0 Å². The molecule has 0 saturated carbocycles. The Morgan fingerprint density at radius 1 is 1.26 bits per heavy atom. The molecule has 1 aromatic carbocycles. The lowest BCUT2D eigenvalue weighted by molar-refractivity contribution is 0.133. The Morgan fingerprint density at radius 2 is 2.04 bits per heavy atom. The van der Waals surface area contributed by atoms with Crippen LogP contribution in [0.3, 0.4) is 0 Å². The van der Waals surface area contributed by atoms with Crippen LogP contribution in [0.2, 0.25) is 0 Å². The van der Waals surface area contributed by atoms with E-state index in [4.69, 9.17) is 9.84 Å². The Morgan fingerprint density at radius 3 is 2.78 bits per heavy atom. The normalized spacial score (nSPS) is 19.1. The molecule has 0 amide bonds. The smallest absolute Gasteiger partial charge is 0.167 e. The van der Waals surface area contributed by atoms with Crippen LogP contribution in [0.5, 0.6) is 0 Å². The van der Waals surface area contributed by atoms with Crippen LogP contribution < -0.4 is 0 Å². The first kappa shape index (κ1) is 16.1. The summed E-state index contributed by atoms with van der Waals surface area (Å²) in [5.74, 6) is 1.64. The Balaban J connectivity index is 1.72. The molecule has 1 atom stereocenters. The van der Waals surface area contributed by atoms with E-state index in [1.807, 2.05) is 12.1 Å². The molecule has 1 aliphatic rings. The number of rotatable bonds is 6. The van der Waals surface area contributed by atoms with Gasteiger partial charge in [-0.3, -0.25) is 10.00 Å². The van der Waals surface area contributed by atoms with Crippen molar-refractivity contribution in [1.29, 1.82) is 0 Å². The maximum absolute atomic E-state index is 9.15. The molecule has 2 N–H and O–H groups in total. The average Bonchev–Trinajstić information content (AvgIpc) is 3.05. The monoisotopic (exact) mass is 316 g/mol. The number of methoxy groups -OCH3 is 1. The number of piperidine rings is 1. The van der Waals surface area contributed by atoms with Gasteiger partial charge in [-0.15, -0.1) is 0 Å². The van der Waals surface area contributed by atoms with Crippen molar-refractivity contribution in [3.8, 4) is 0 Å². The average molecular weight is 316 g/mol. The number of nitrogens with one attached hydrogen (secondary N) is 1. The number of aromatic amines is 1. The van der Waals surface area contributed by atoms with Gasteiger partial charge in [-0.25, -0.2) is 4.98 Å². The highest BCUT2D eigenvalue weighted by molar-refractivity contribution is 5.22. The molecule has 1 fully saturated rings. The molecule has 3 rings (SSSR count). The van der Waals surface area contributed by atoms with Gasteiger partial charge in [0.25, 0.3) is 0 Å². The molecule has 23 heavy (non-hydrogen) atoms. The van der Waals surface area contributed by atoms with Crippen molar-refractivity contribution in [1.82, 2.24) is 20.1 Å². The lowest BCUT2D eigenvalue weighted by Crippen LogP contribution is -2.33. The molecule has 1 aromatic heterocycles. The standard InChI is InChI=1S/C17H24N4O2/c1-23-12-16-18-17(20-19-16)15-4-2-3-9-21(15)10-13-5-7-14(11-22)8-6-13/h5-8,15,22H,2-4,9-12H2,1H3,(H,18,19,20)/t15-/m1/s1. The van der Waals surface area contributed by atoms with Crippen molar-refractivity contribution in [3.63, 3.8) is 0 Å². The number of benzene rings is 1. The van der Waals surface area contributed by atoms with Crippen molar-refractivity contribution in [2.75, 3.05) is 13.7 Å². The lowest BCUT2D eigenvalue weighted by atomic mass is 10.0. The predicted molar refractivity (Wildman–Crippen MR) is 86.5 cm³/mol. The summed E-state index contributed by atoms with van der Waals surface area (Å²) in [6, 6.07) is 8.40. The second kappa shape index (κ2) is 7.68. The van der Waals surface area contributed by atoms with Gasteiger partial charge in [0.2, 0.25) is 0 Å². The number of ether oxygens (including phenoxy) is 1. The van der Waals surface area contributed by atoms with Gasteiger partial charge in [-0.1, -0.05) is 30.7 Å². The number of H-pyrrole nitrogens is 1. The van der Waals surface area contributed by atoms with Gasteiger partial charge in [0, 0.05) is 13.7 Å². The molecule has 1 saturated heterocycles. The third-order valence-corrected chi connectivity index (χ3v) is 4.33. The third-order valence-electron chi connectivity index (χ3n) is 4.33. The first-order valence-electron chi connectivity index (χ1n) is 8.13. The molecule has 0 radical (unpaired) electrons. The largest absolute Gasteiger partial charge is 0.392 e. The molecule has 2 heterocycles. The maximum Gasteiger partial charge on any atom is 0.167 e. The summed E-state index contributed by atoms with van der Waals surface area (Å²) < 4.78 is 5.11. The third kappa shape index (κ3) is 3.96. The zero-order valence-corrected chi connectivity index (χ0v) is 13.5. The van der Waals surface area contributed by atoms with Crippen molar-refractivity contribution in [3.05, 3.63) is 47.0 Å². The predicted octanol–water partition coefficient (Wildman–Crippen LogP) is 2.17. The Hall–Kier alpha value is -1.76. The van der Waals surface area contributed by atoms with Crippen LogP contribution in [-0.2, 0) is 24.5 Å². The Kier molecular flexibility index (Phi) is 5.38. The topological polar surface area (TPSA) is 74.3 Å². The minimum atomic E-state index is 0.0894. The van der Waals surface area contributed by atoms with E-state index in [9.17, 15) is 0 Å². The van der Waals surface area contributed by atoms with E-state index in [1.54, 1.807) is 7.11 Å². The number of aliphatic hydroxyl groups excluding tert-OH is 1. The van der Waals surface area contributed by atoms with Gasteiger partial charge in [0.15, 0.2) is 11.6 Å². The van der Waals surface area contributed by atoms with Crippen molar-refractivity contribution in [2.24, 2.45) is 0 Å². The number of hydrogen-bond acceptors (Lipinski definition) is 5. The summed E-state index contributed by atoms with van der Waals surface area (Å²) in [7, 11) is 1.66. The van der Waals surface area contributed by atoms with Crippen LogP contribution in [0.1, 0.15) is 48.1 Å². The van der Waals surface area contributed by atoms with Gasteiger partial charge in [-0.05, 0) is 30.5 Å². The van der Waals surface area contributed by atoms with Gasteiger partial charge >= 0.3 is 0 Å². The van der Waals surface area contributed by atoms with Gasteiger partial charge in [-0.2, -0.15) is 5.10 Å². The van der Waals surface area contributed by atoms with E-state index < -0.39 is 0 Å². The fraction of sp³-hybridized carbons (Fsp3) is 0.529. The molecular formula is C17H24N4O2. The summed E-state index contributed by atoms with van der Waals surface area (Å²) >= 11 is 0. The summed E-state index contributed by atoms with van der Waals surface area (Å²) in [5.41, 5.74) is 2.20. The number of aromatic nitrogens is 3. The van der Waals surface area contributed by atoms with E-state index in [1.165, 1.54) is 18.4 Å². The SMILES string of the molecule is COCc1nc([C@H]2CCCCN2Cc2ccc(CO)cc2)n[nH]1. The van der Waals surface area contributed by atoms with E-state index in [0.717, 1.165) is 36.7 Å². The molecule has 1 aliphatic heterocycles. The minimum absolute atomic E-state index is 0.0894. The maximum atomic E-state index is 9.15. The van der Waals surface area contributed by atoms with Gasteiger partial charge in [0.1, 0.15) is 6.61 Å². The molecule has 6 nitrogen and oxygen atoms in total. The van der Waals surface area contributed by atoms with E-state index >= 15 is 0 Å². The number of likely N-dealkylation sites (tertiary alicyclic amines) is 1. The highest BCUT2D eigenvalue weighted by Crippen LogP contribution is 2.30. The van der Waals surface area contributed by atoms with Crippen LogP contribution >= 0.6 is 0 Å². The first-order valence-corrected chi connectivity index (χ1v) is 8.13. The molecule has 2 aromatic rings. The van der Waals surface area contributed by atoms with Crippen LogP contribution in [0.4, 0.5) is 0 Å². The highest BCUT2D eigenvalue weighted by atomic mass is 16.5. The van der Waals surface area contributed by atoms with E-state index in [-0.39, 0.29) is 12.6 Å². The molecule has 0 aliphatic carbocycles. The number of hydrogen-bond donors (Lipinski definition) is 2. The second-order valence-electron chi connectivity index (χ2n) is 6.03. The van der Waals surface area contributed by atoms with E-state index in [0.29, 0.717) is 6.61 Å². The Bertz CT molecular complexity index is 611. The van der Waals surface area contributed by atoms with E-state index in [2.05, 4.69) is 32.2 Å². The van der Waals surface area contributed by atoms with Crippen molar-refractivity contribution >= 4 is 0 Å². The molecule has 0 bridgehead atoms. The number of nitrogens with zero attached hydrogens (tertiary/aromatic N) is 3. The zero-order valence-electron chi connectivity index (χ0n) is 13.5. The van der Waals surface area contributed by atoms with Crippen LogP contribution in [-0.4, -0.2) is 38.8 Å². The summed E-state index contributed by atoms with van der Waals surface area (Å²) in [4.78, 5) is 7.02. The van der Waals surface area contributed by atoms with Gasteiger partial charge < -0.3 is 9.84 Å². The summed E-state index contributed by atoms with van der Waals surface area (Å²) in [6.45, 7) is 2.49. The quantitative estimate of drug-likeness (QED) is 0.854. The molecule has 0 spiro atoms. The van der Waals surface area contributed by atoms with Crippen molar-refractivity contribution in [2.45, 2.75) is 45.1 Å². The Labute approximate surface area is 136 Å². The van der Waals surface area contributed by atoms with Crippen LogP contribution in [0, 0.1) is 0 Å². The lowest BCUT2D eigenvalue weighted by Gasteiger charge is -2.34. The number of aliphatic hydroxyl groups is 1.